The summed E-state index contributed by atoms with van der Waals surface area (Å²) in [5.74, 6) is 2.10. The summed E-state index contributed by atoms with van der Waals surface area (Å²) in [5.41, 5.74) is 2.27. The maximum absolute atomic E-state index is 13.8. The van der Waals surface area contributed by atoms with Crippen molar-refractivity contribution in [1.29, 1.82) is 0 Å². The molecule has 1 aliphatic heterocycles. The molecule has 7 heteroatoms. The summed E-state index contributed by atoms with van der Waals surface area (Å²) in [6.45, 7) is 4.64. The minimum atomic E-state index is -0.285. The van der Waals surface area contributed by atoms with Gasteiger partial charge in [0, 0.05) is 12.1 Å². The molecule has 0 bridgehead atoms. The van der Waals surface area contributed by atoms with Gasteiger partial charge in [-0.3, -0.25) is 4.90 Å². The molecule has 140 valence electrons. The molecule has 1 unspecified atom stereocenters. The highest BCUT2D eigenvalue weighted by Crippen LogP contribution is 2.33. The smallest absolute Gasteiger partial charge is 0.244 e. The van der Waals surface area contributed by atoms with Crippen LogP contribution >= 0.6 is 0 Å². The number of aryl methyl sites for hydroxylation is 1. The highest BCUT2D eigenvalue weighted by atomic mass is 19.1. The zero-order chi connectivity index (χ0) is 19.0. The van der Waals surface area contributed by atoms with Crippen molar-refractivity contribution in [3.63, 3.8) is 0 Å². The average Bonchev–Trinajstić information content (AvgIpc) is 3.32. The zero-order valence-electron chi connectivity index (χ0n) is 15.4. The molecular formula is C20H20FN3O3. The van der Waals surface area contributed by atoms with Gasteiger partial charge in [-0.25, -0.2) is 4.39 Å². The number of aromatic nitrogens is 2. The van der Waals surface area contributed by atoms with Gasteiger partial charge in [0.05, 0.1) is 6.04 Å². The maximum atomic E-state index is 13.8. The van der Waals surface area contributed by atoms with E-state index in [9.17, 15) is 4.39 Å². The summed E-state index contributed by atoms with van der Waals surface area (Å²) >= 11 is 0. The van der Waals surface area contributed by atoms with E-state index >= 15 is 0 Å². The van der Waals surface area contributed by atoms with E-state index in [2.05, 4.69) is 15.0 Å². The van der Waals surface area contributed by atoms with Gasteiger partial charge in [0.25, 0.3) is 0 Å². The lowest BCUT2D eigenvalue weighted by Gasteiger charge is -2.21. The highest BCUT2D eigenvalue weighted by molar-refractivity contribution is 5.55. The maximum Gasteiger partial charge on any atom is 0.244 e. The van der Waals surface area contributed by atoms with Crippen molar-refractivity contribution in [2.45, 2.75) is 26.4 Å². The largest absolute Gasteiger partial charge is 0.454 e. The Morgan fingerprint density at radius 1 is 1.15 bits per heavy atom. The third kappa shape index (κ3) is 3.50. The number of ether oxygens (including phenoxy) is 2. The van der Waals surface area contributed by atoms with Crippen LogP contribution in [0.2, 0.25) is 0 Å². The summed E-state index contributed by atoms with van der Waals surface area (Å²) in [4.78, 5) is 6.53. The topological polar surface area (TPSA) is 60.6 Å². The monoisotopic (exact) mass is 369 g/mol. The van der Waals surface area contributed by atoms with E-state index in [0.29, 0.717) is 29.4 Å². The van der Waals surface area contributed by atoms with Gasteiger partial charge in [0.15, 0.2) is 11.5 Å². The molecule has 0 saturated carbocycles. The molecule has 6 nitrogen and oxygen atoms in total. The lowest BCUT2D eigenvalue weighted by molar-refractivity contribution is 0.173. The predicted octanol–water partition coefficient (Wildman–Crippen LogP) is 4.11. The summed E-state index contributed by atoms with van der Waals surface area (Å²) in [7, 11) is 1.98. The molecule has 0 aliphatic carbocycles. The molecule has 27 heavy (non-hydrogen) atoms. The van der Waals surface area contributed by atoms with E-state index < -0.39 is 0 Å². The van der Waals surface area contributed by atoms with Crippen molar-refractivity contribution in [1.82, 2.24) is 15.0 Å². The minimum Gasteiger partial charge on any atom is -0.454 e. The van der Waals surface area contributed by atoms with Crippen molar-refractivity contribution in [2.75, 3.05) is 13.8 Å². The van der Waals surface area contributed by atoms with E-state index in [1.807, 2.05) is 32.2 Å². The molecule has 0 N–H and O–H groups in total. The van der Waals surface area contributed by atoms with Crippen molar-refractivity contribution in [2.24, 2.45) is 0 Å². The predicted molar refractivity (Wildman–Crippen MR) is 96.9 cm³/mol. The van der Waals surface area contributed by atoms with Gasteiger partial charge in [-0.05, 0) is 50.2 Å². The summed E-state index contributed by atoms with van der Waals surface area (Å²) in [6.07, 6.45) is 0. The molecule has 1 aliphatic rings. The SMILES string of the molecule is Cc1ccc(-c2noc(C(C)N(C)Cc3ccc4c(c3)OCO4)n2)cc1F. The first-order chi connectivity index (χ1) is 13.0. The van der Waals surface area contributed by atoms with Crippen LogP contribution in [0.1, 0.15) is 30.0 Å². The molecule has 1 atom stereocenters. The average molecular weight is 369 g/mol. The number of hydrogen-bond acceptors (Lipinski definition) is 6. The Labute approximate surface area is 156 Å². The fourth-order valence-electron chi connectivity index (χ4n) is 2.91. The first-order valence-corrected chi connectivity index (χ1v) is 8.70. The van der Waals surface area contributed by atoms with Gasteiger partial charge < -0.3 is 14.0 Å². The van der Waals surface area contributed by atoms with Crippen LogP contribution < -0.4 is 9.47 Å². The van der Waals surface area contributed by atoms with Crippen LogP contribution in [0.5, 0.6) is 11.5 Å². The molecule has 0 amide bonds. The first kappa shape index (κ1) is 17.5. The number of rotatable bonds is 5. The Morgan fingerprint density at radius 3 is 2.78 bits per heavy atom. The van der Waals surface area contributed by atoms with Gasteiger partial charge >= 0.3 is 0 Å². The second kappa shape index (κ2) is 7.00. The normalized spacial score (nSPS) is 14.0. The Morgan fingerprint density at radius 2 is 1.96 bits per heavy atom. The first-order valence-electron chi connectivity index (χ1n) is 8.70. The molecule has 0 spiro atoms. The lowest BCUT2D eigenvalue weighted by Crippen LogP contribution is -2.22. The molecule has 0 fully saturated rings. The fourth-order valence-corrected chi connectivity index (χ4v) is 2.91. The second-order valence-electron chi connectivity index (χ2n) is 6.70. The van der Waals surface area contributed by atoms with Crippen LogP contribution in [0.3, 0.4) is 0 Å². The van der Waals surface area contributed by atoms with E-state index in [0.717, 1.165) is 17.1 Å². The third-order valence-corrected chi connectivity index (χ3v) is 4.76. The van der Waals surface area contributed by atoms with Crippen molar-refractivity contribution in [3.8, 4) is 22.9 Å². The van der Waals surface area contributed by atoms with E-state index in [4.69, 9.17) is 14.0 Å². The quantitative estimate of drug-likeness (QED) is 0.675. The Kier molecular flexibility index (Phi) is 4.53. The van der Waals surface area contributed by atoms with Gasteiger partial charge in [0.2, 0.25) is 18.5 Å². The van der Waals surface area contributed by atoms with Crippen LogP contribution in [0.4, 0.5) is 4.39 Å². The van der Waals surface area contributed by atoms with Crippen molar-refractivity contribution in [3.05, 3.63) is 59.2 Å². The Balaban J connectivity index is 1.48. The minimum absolute atomic E-state index is 0.105. The summed E-state index contributed by atoms with van der Waals surface area (Å²) in [5, 5.41) is 4.00. The molecular weight excluding hydrogens is 349 g/mol. The van der Waals surface area contributed by atoms with Crippen LogP contribution in [-0.4, -0.2) is 28.9 Å². The van der Waals surface area contributed by atoms with Crippen LogP contribution in [0, 0.1) is 12.7 Å². The van der Waals surface area contributed by atoms with Crippen molar-refractivity contribution < 1.29 is 18.4 Å². The fraction of sp³-hybridized carbons (Fsp3) is 0.300. The lowest BCUT2D eigenvalue weighted by atomic mass is 10.1. The Bertz CT molecular complexity index is 973. The summed E-state index contributed by atoms with van der Waals surface area (Å²) in [6, 6.07) is 10.7. The molecule has 1 aromatic heterocycles. The highest BCUT2D eigenvalue weighted by Gasteiger charge is 2.21. The Hall–Kier alpha value is -2.93. The van der Waals surface area contributed by atoms with E-state index in [-0.39, 0.29) is 18.7 Å². The van der Waals surface area contributed by atoms with Gasteiger partial charge in [0.1, 0.15) is 5.82 Å². The summed E-state index contributed by atoms with van der Waals surface area (Å²) < 4.78 is 30.0. The number of fused-ring (bicyclic) bond motifs is 1. The molecule has 2 aromatic carbocycles. The van der Waals surface area contributed by atoms with Crippen LogP contribution in [0.25, 0.3) is 11.4 Å². The number of hydrogen-bond donors (Lipinski definition) is 0. The second-order valence-corrected chi connectivity index (χ2v) is 6.70. The zero-order valence-corrected chi connectivity index (χ0v) is 15.4. The van der Waals surface area contributed by atoms with E-state index in [1.54, 1.807) is 19.1 Å². The van der Waals surface area contributed by atoms with Crippen LogP contribution in [-0.2, 0) is 6.54 Å². The molecule has 4 rings (SSSR count). The molecule has 3 aromatic rings. The van der Waals surface area contributed by atoms with Crippen molar-refractivity contribution >= 4 is 0 Å². The van der Waals surface area contributed by atoms with Crippen LogP contribution in [0.15, 0.2) is 40.9 Å². The number of benzene rings is 2. The van der Waals surface area contributed by atoms with E-state index in [1.165, 1.54) is 6.07 Å². The number of halogens is 1. The number of nitrogens with zero attached hydrogens (tertiary/aromatic N) is 3. The van der Waals surface area contributed by atoms with Gasteiger partial charge in [-0.15, -0.1) is 0 Å². The van der Waals surface area contributed by atoms with Gasteiger partial charge in [-0.1, -0.05) is 23.4 Å². The standard InChI is InChI=1S/C20H20FN3O3/c1-12-4-6-15(9-16(12)21)19-22-20(27-23-19)13(2)24(3)10-14-5-7-17-18(8-14)26-11-25-17/h4-9,13H,10-11H2,1-3H3. The molecule has 0 radical (unpaired) electrons. The molecule has 2 heterocycles. The molecule has 0 saturated heterocycles. The van der Waals surface area contributed by atoms with Gasteiger partial charge in [-0.2, -0.15) is 4.98 Å². The third-order valence-electron chi connectivity index (χ3n) is 4.76.